The van der Waals surface area contributed by atoms with E-state index in [0.29, 0.717) is 26.1 Å². The lowest BCUT2D eigenvalue weighted by molar-refractivity contribution is -0.138. The zero-order valence-electron chi connectivity index (χ0n) is 14.3. The molecule has 2 aliphatic heterocycles. The second-order valence-electron chi connectivity index (χ2n) is 6.87. The van der Waals surface area contributed by atoms with Crippen molar-refractivity contribution >= 4 is 17.6 Å². The molecule has 2 atom stereocenters. The van der Waals surface area contributed by atoms with Gasteiger partial charge >= 0.3 is 12.1 Å². The maximum atomic E-state index is 13.5. The molecule has 0 unspecified atom stereocenters. The monoisotopic (exact) mass is 368 g/mol. The van der Waals surface area contributed by atoms with E-state index in [0.717, 1.165) is 12.5 Å². The standard InChI is InChI=1S/C17H19F3N4O2/c1-10-2-5-24(10)16-12(8-21)13(17(18,19)20)7-14(22-16)23-4-3-11(9-23)6-15(25)26/h7,10-11H,2-6,9H2,1H3,(H,25,26)/t10-,11+/m1/s1. The molecule has 2 fully saturated rings. The third kappa shape index (κ3) is 3.41. The van der Waals surface area contributed by atoms with E-state index < -0.39 is 23.3 Å². The van der Waals surface area contributed by atoms with Crippen molar-refractivity contribution in [1.29, 1.82) is 5.26 Å². The molecule has 0 aromatic carbocycles. The average Bonchev–Trinajstić information content (AvgIpc) is 2.99. The van der Waals surface area contributed by atoms with Gasteiger partial charge in [-0.15, -0.1) is 0 Å². The molecule has 0 aliphatic carbocycles. The number of carbonyl (C=O) groups is 1. The van der Waals surface area contributed by atoms with Gasteiger partial charge in [0.05, 0.1) is 5.56 Å². The Hall–Kier alpha value is -2.50. The second-order valence-corrected chi connectivity index (χ2v) is 6.87. The van der Waals surface area contributed by atoms with Gasteiger partial charge in [-0.1, -0.05) is 0 Å². The van der Waals surface area contributed by atoms with E-state index in [1.165, 1.54) is 0 Å². The van der Waals surface area contributed by atoms with Crippen LogP contribution in [0.3, 0.4) is 0 Å². The number of aliphatic carboxylic acids is 1. The van der Waals surface area contributed by atoms with Crippen molar-refractivity contribution in [3.8, 4) is 6.07 Å². The summed E-state index contributed by atoms with van der Waals surface area (Å²) in [6.07, 6.45) is -3.26. The number of rotatable bonds is 4. The first-order valence-corrected chi connectivity index (χ1v) is 8.46. The van der Waals surface area contributed by atoms with Gasteiger partial charge in [0.25, 0.3) is 0 Å². The van der Waals surface area contributed by atoms with Crippen molar-refractivity contribution in [2.45, 2.75) is 38.4 Å². The smallest absolute Gasteiger partial charge is 0.417 e. The van der Waals surface area contributed by atoms with Crippen LogP contribution in [0.2, 0.25) is 0 Å². The van der Waals surface area contributed by atoms with E-state index in [4.69, 9.17) is 5.11 Å². The molecule has 140 valence electrons. The Morgan fingerprint density at radius 2 is 2.15 bits per heavy atom. The molecule has 0 spiro atoms. The molecule has 3 heterocycles. The van der Waals surface area contributed by atoms with Crippen LogP contribution in [0, 0.1) is 17.2 Å². The van der Waals surface area contributed by atoms with Crippen LogP contribution in [-0.2, 0) is 11.0 Å². The van der Waals surface area contributed by atoms with Crippen molar-refractivity contribution in [3.63, 3.8) is 0 Å². The molecule has 0 bridgehead atoms. The molecular formula is C17H19F3N4O2. The molecule has 1 N–H and O–H groups in total. The summed E-state index contributed by atoms with van der Waals surface area (Å²) in [5.41, 5.74) is -1.44. The van der Waals surface area contributed by atoms with Gasteiger partial charge in [-0.3, -0.25) is 4.79 Å². The van der Waals surface area contributed by atoms with Crippen molar-refractivity contribution < 1.29 is 23.1 Å². The first-order valence-electron chi connectivity index (χ1n) is 8.46. The molecule has 26 heavy (non-hydrogen) atoms. The van der Waals surface area contributed by atoms with Gasteiger partial charge in [0.15, 0.2) is 0 Å². The second kappa shape index (κ2) is 6.67. The minimum Gasteiger partial charge on any atom is -0.481 e. The van der Waals surface area contributed by atoms with E-state index in [1.54, 1.807) is 15.9 Å². The summed E-state index contributed by atoms with van der Waals surface area (Å²) in [6.45, 7) is 3.23. The number of anilines is 2. The number of nitrogens with zero attached hydrogens (tertiary/aromatic N) is 4. The minimum atomic E-state index is -4.66. The highest BCUT2D eigenvalue weighted by Gasteiger charge is 2.39. The lowest BCUT2D eigenvalue weighted by atomic mass is 10.0. The van der Waals surface area contributed by atoms with Gasteiger partial charge in [0.2, 0.25) is 0 Å². The third-order valence-electron chi connectivity index (χ3n) is 5.07. The van der Waals surface area contributed by atoms with Gasteiger partial charge in [0.1, 0.15) is 23.3 Å². The van der Waals surface area contributed by atoms with Gasteiger partial charge in [-0.05, 0) is 31.7 Å². The number of aromatic nitrogens is 1. The van der Waals surface area contributed by atoms with Crippen molar-refractivity contribution in [2.24, 2.45) is 5.92 Å². The number of halogens is 3. The molecule has 6 nitrogen and oxygen atoms in total. The molecule has 2 saturated heterocycles. The van der Waals surface area contributed by atoms with Gasteiger partial charge < -0.3 is 14.9 Å². The van der Waals surface area contributed by atoms with E-state index in [1.807, 2.05) is 6.92 Å². The summed E-state index contributed by atoms with van der Waals surface area (Å²) in [6, 6.07) is 2.62. The van der Waals surface area contributed by atoms with E-state index in [-0.39, 0.29) is 30.0 Å². The maximum absolute atomic E-state index is 13.5. The van der Waals surface area contributed by atoms with Gasteiger partial charge in [-0.2, -0.15) is 18.4 Å². The number of nitriles is 1. The largest absolute Gasteiger partial charge is 0.481 e. The number of alkyl halides is 3. The topological polar surface area (TPSA) is 80.5 Å². The van der Waals surface area contributed by atoms with Crippen LogP contribution >= 0.6 is 0 Å². The normalized spacial score (nSPS) is 22.9. The summed E-state index contributed by atoms with van der Waals surface area (Å²) >= 11 is 0. The molecular weight excluding hydrogens is 349 g/mol. The quantitative estimate of drug-likeness (QED) is 0.880. The fraction of sp³-hybridized carbons (Fsp3) is 0.588. The predicted molar refractivity (Wildman–Crippen MR) is 88.0 cm³/mol. The van der Waals surface area contributed by atoms with E-state index in [2.05, 4.69) is 4.98 Å². The molecule has 9 heteroatoms. The zero-order valence-corrected chi connectivity index (χ0v) is 14.3. The van der Waals surface area contributed by atoms with Crippen LogP contribution < -0.4 is 9.80 Å². The molecule has 0 saturated carbocycles. The Morgan fingerprint density at radius 3 is 2.65 bits per heavy atom. The summed E-state index contributed by atoms with van der Waals surface area (Å²) in [4.78, 5) is 18.6. The van der Waals surface area contributed by atoms with Crippen molar-refractivity contribution in [2.75, 3.05) is 29.4 Å². The number of carboxylic acids is 1. The van der Waals surface area contributed by atoms with Crippen LogP contribution in [0.1, 0.15) is 37.3 Å². The molecule has 0 amide bonds. The summed E-state index contributed by atoms with van der Waals surface area (Å²) in [5.74, 6) is -0.822. The number of hydrogen-bond donors (Lipinski definition) is 1. The molecule has 3 rings (SSSR count). The summed E-state index contributed by atoms with van der Waals surface area (Å²) in [5, 5.41) is 18.2. The highest BCUT2D eigenvalue weighted by Crippen LogP contribution is 2.40. The number of carboxylic acid groups (broad SMARTS) is 1. The van der Waals surface area contributed by atoms with Crippen molar-refractivity contribution in [3.05, 3.63) is 17.2 Å². The zero-order chi connectivity index (χ0) is 19.1. The molecule has 0 radical (unpaired) electrons. The Labute approximate surface area is 148 Å². The van der Waals surface area contributed by atoms with Gasteiger partial charge in [0, 0.05) is 32.1 Å². The van der Waals surface area contributed by atoms with E-state index >= 15 is 0 Å². The lowest BCUT2D eigenvalue weighted by Gasteiger charge is -2.40. The summed E-state index contributed by atoms with van der Waals surface area (Å²) in [7, 11) is 0. The highest BCUT2D eigenvalue weighted by molar-refractivity contribution is 5.68. The Balaban J connectivity index is 2.00. The first-order chi connectivity index (χ1) is 12.2. The average molecular weight is 368 g/mol. The fourth-order valence-corrected chi connectivity index (χ4v) is 3.51. The first kappa shape index (κ1) is 18.3. The number of hydrogen-bond acceptors (Lipinski definition) is 5. The SMILES string of the molecule is C[C@@H]1CCN1c1nc(N2CC[C@@H](CC(=O)O)C2)cc(C(F)(F)F)c1C#N. The van der Waals surface area contributed by atoms with Gasteiger partial charge in [-0.25, -0.2) is 4.98 Å². The van der Waals surface area contributed by atoms with Crippen LogP contribution in [0.25, 0.3) is 0 Å². The third-order valence-corrected chi connectivity index (χ3v) is 5.07. The van der Waals surface area contributed by atoms with E-state index in [9.17, 15) is 23.2 Å². The highest BCUT2D eigenvalue weighted by atomic mass is 19.4. The van der Waals surface area contributed by atoms with Crippen molar-refractivity contribution in [1.82, 2.24) is 4.98 Å². The summed E-state index contributed by atoms with van der Waals surface area (Å²) < 4.78 is 40.6. The maximum Gasteiger partial charge on any atom is 0.417 e. The Kier molecular flexibility index (Phi) is 4.69. The Bertz CT molecular complexity index is 760. The minimum absolute atomic E-state index is 0.0189. The Morgan fingerprint density at radius 1 is 1.42 bits per heavy atom. The number of pyridine rings is 1. The molecule has 2 aliphatic rings. The predicted octanol–water partition coefficient (Wildman–Crippen LogP) is 2.87. The van der Waals surface area contributed by atoms with Crippen LogP contribution in [0.5, 0.6) is 0 Å². The lowest BCUT2D eigenvalue weighted by Crippen LogP contribution is -2.47. The molecule has 1 aromatic heterocycles. The van der Waals surface area contributed by atoms with Crippen LogP contribution in [0.4, 0.5) is 24.8 Å². The van der Waals surface area contributed by atoms with Crippen LogP contribution in [-0.4, -0.2) is 41.7 Å². The molecule has 1 aromatic rings. The fourth-order valence-electron chi connectivity index (χ4n) is 3.51. The van der Waals surface area contributed by atoms with Crippen LogP contribution in [0.15, 0.2) is 6.07 Å².